The highest BCUT2D eigenvalue weighted by atomic mass is 16.5. The van der Waals surface area contributed by atoms with E-state index in [1.54, 1.807) is 6.07 Å². The first kappa shape index (κ1) is 15.5. The van der Waals surface area contributed by atoms with Crippen LogP contribution in [0.25, 0.3) is 0 Å². The molecule has 1 aromatic rings. The van der Waals surface area contributed by atoms with E-state index < -0.39 is 0 Å². The molecule has 1 rings (SSSR count). The third-order valence-electron chi connectivity index (χ3n) is 2.84. The van der Waals surface area contributed by atoms with Crippen molar-refractivity contribution >= 4 is 17.3 Å². The van der Waals surface area contributed by atoms with Crippen LogP contribution in [0, 0.1) is 12.8 Å². The summed E-state index contributed by atoms with van der Waals surface area (Å²) >= 11 is 0. The van der Waals surface area contributed by atoms with Crippen LogP contribution in [0.2, 0.25) is 0 Å². The molecule has 106 valence electrons. The minimum absolute atomic E-state index is 0.0302. The van der Waals surface area contributed by atoms with Crippen molar-refractivity contribution in [3.8, 4) is 0 Å². The number of rotatable bonds is 7. The zero-order chi connectivity index (χ0) is 14.3. The smallest absolute Gasteiger partial charge is 0.226 e. The summed E-state index contributed by atoms with van der Waals surface area (Å²) in [6.45, 7) is 7.41. The van der Waals surface area contributed by atoms with Crippen LogP contribution < -0.4 is 11.1 Å². The minimum Gasteiger partial charge on any atom is -0.399 e. The molecule has 0 heterocycles. The number of nitrogens with two attached hydrogens (primary N) is 1. The summed E-state index contributed by atoms with van der Waals surface area (Å²) in [7, 11) is 0. The van der Waals surface area contributed by atoms with E-state index in [9.17, 15) is 4.79 Å². The topological polar surface area (TPSA) is 64.3 Å². The quantitative estimate of drug-likeness (QED) is 0.588. The number of ether oxygens (including phenoxy) is 1. The molecule has 0 radical (unpaired) electrons. The lowest BCUT2D eigenvalue weighted by atomic mass is 10.1. The van der Waals surface area contributed by atoms with Gasteiger partial charge in [0, 0.05) is 18.0 Å². The third kappa shape index (κ3) is 6.25. The molecule has 0 unspecified atom stereocenters. The molecule has 0 bridgehead atoms. The molecule has 3 N–H and O–H groups in total. The van der Waals surface area contributed by atoms with Gasteiger partial charge in [-0.1, -0.05) is 13.8 Å². The van der Waals surface area contributed by atoms with Gasteiger partial charge in [-0.2, -0.15) is 0 Å². The van der Waals surface area contributed by atoms with E-state index in [1.807, 2.05) is 19.1 Å². The number of amides is 1. The highest BCUT2D eigenvalue weighted by Gasteiger charge is 2.05. The number of aryl methyl sites for hydroxylation is 1. The molecule has 0 atom stereocenters. The molecule has 0 aliphatic carbocycles. The van der Waals surface area contributed by atoms with Crippen LogP contribution in [-0.2, 0) is 9.53 Å². The van der Waals surface area contributed by atoms with Crippen LogP contribution in [0.15, 0.2) is 18.2 Å². The number of hydrogen-bond acceptors (Lipinski definition) is 3. The largest absolute Gasteiger partial charge is 0.399 e. The molecule has 4 nitrogen and oxygen atoms in total. The van der Waals surface area contributed by atoms with Gasteiger partial charge < -0.3 is 15.8 Å². The van der Waals surface area contributed by atoms with E-state index in [1.165, 1.54) is 0 Å². The van der Waals surface area contributed by atoms with Gasteiger partial charge in [0.2, 0.25) is 5.91 Å². The zero-order valence-corrected chi connectivity index (χ0v) is 12.0. The zero-order valence-electron chi connectivity index (χ0n) is 12.0. The Labute approximate surface area is 115 Å². The molecule has 4 heteroatoms. The van der Waals surface area contributed by atoms with Crippen molar-refractivity contribution in [2.24, 2.45) is 5.92 Å². The van der Waals surface area contributed by atoms with Crippen molar-refractivity contribution in [3.05, 3.63) is 23.8 Å². The van der Waals surface area contributed by atoms with Crippen molar-refractivity contribution in [3.63, 3.8) is 0 Å². The van der Waals surface area contributed by atoms with Crippen LogP contribution in [0.3, 0.4) is 0 Å². The van der Waals surface area contributed by atoms with Crippen LogP contribution >= 0.6 is 0 Å². The Morgan fingerprint density at radius 2 is 2.11 bits per heavy atom. The summed E-state index contributed by atoms with van der Waals surface area (Å²) in [5, 5.41) is 2.86. The van der Waals surface area contributed by atoms with Gasteiger partial charge in [-0.15, -0.1) is 0 Å². The average molecular weight is 264 g/mol. The summed E-state index contributed by atoms with van der Waals surface area (Å²) in [5.41, 5.74) is 8.14. The first-order chi connectivity index (χ1) is 8.99. The fourth-order valence-corrected chi connectivity index (χ4v) is 1.63. The number of nitrogen functional groups attached to an aromatic ring is 1. The second-order valence-corrected chi connectivity index (χ2v) is 5.17. The summed E-state index contributed by atoms with van der Waals surface area (Å²) in [6, 6.07) is 5.44. The summed E-state index contributed by atoms with van der Waals surface area (Å²) in [6.07, 6.45) is 1.40. The number of nitrogens with one attached hydrogen (secondary N) is 1. The highest BCUT2D eigenvalue weighted by molar-refractivity contribution is 5.91. The molecule has 0 saturated heterocycles. The number of carbonyl (C=O) groups excluding carboxylic acids is 1. The van der Waals surface area contributed by atoms with Gasteiger partial charge in [0.05, 0.1) is 13.0 Å². The van der Waals surface area contributed by atoms with Crippen molar-refractivity contribution in [1.82, 2.24) is 0 Å². The lowest BCUT2D eigenvalue weighted by Gasteiger charge is -2.09. The van der Waals surface area contributed by atoms with E-state index >= 15 is 0 Å². The Kier molecular flexibility index (Phi) is 6.36. The van der Waals surface area contributed by atoms with Crippen molar-refractivity contribution in [2.45, 2.75) is 33.6 Å². The molecule has 0 aliphatic heterocycles. The van der Waals surface area contributed by atoms with Crippen LogP contribution in [0.1, 0.15) is 32.3 Å². The fraction of sp³-hybridized carbons (Fsp3) is 0.533. The maximum absolute atomic E-state index is 11.7. The standard InChI is InChI=1S/C15H24N2O2/c1-11(2)6-8-19-9-7-15(18)17-14-5-4-13(16)10-12(14)3/h4-5,10-11H,6-9,16H2,1-3H3,(H,17,18). The summed E-state index contributed by atoms with van der Waals surface area (Å²) < 4.78 is 5.42. The van der Waals surface area contributed by atoms with Crippen LogP contribution in [0.4, 0.5) is 11.4 Å². The van der Waals surface area contributed by atoms with Gasteiger partial charge >= 0.3 is 0 Å². The molecule has 0 saturated carbocycles. The molecule has 0 fully saturated rings. The normalized spacial score (nSPS) is 10.7. The first-order valence-electron chi connectivity index (χ1n) is 6.72. The second kappa shape index (κ2) is 7.79. The Morgan fingerprint density at radius 3 is 2.74 bits per heavy atom. The molecule has 19 heavy (non-hydrogen) atoms. The number of benzene rings is 1. The predicted octanol–water partition coefficient (Wildman–Crippen LogP) is 2.97. The maximum Gasteiger partial charge on any atom is 0.226 e. The number of anilines is 2. The molecular weight excluding hydrogens is 240 g/mol. The molecule has 0 aliphatic rings. The lowest BCUT2D eigenvalue weighted by Crippen LogP contribution is -2.15. The maximum atomic E-state index is 11.7. The highest BCUT2D eigenvalue weighted by Crippen LogP contribution is 2.17. The van der Waals surface area contributed by atoms with Crippen molar-refractivity contribution in [1.29, 1.82) is 0 Å². The van der Waals surface area contributed by atoms with E-state index in [-0.39, 0.29) is 5.91 Å². The van der Waals surface area contributed by atoms with Crippen molar-refractivity contribution < 1.29 is 9.53 Å². The van der Waals surface area contributed by atoms with Gasteiger partial charge in [0.25, 0.3) is 0 Å². The van der Waals surface area contributed by atoms with Gasteiger partial charge in [-0.25, -0.2) is 0 Å². The predicted molar refractivity (Wildman–Crippen MR) is 79.1 cm³/mol. The molecule has 1 amide bonds. The minimum atomic E-state index is -0.0302. The average Bonchev–Trinajstić information content (AvgIpc) is 2.32. The second-order valence-electron chi connectivity index (χ2n) is 5.17. The SMILES string of the molecule is Cc1cc(N)ccc1NC(=O)CCOCCC(C)C. The van der Waals surface area contributed by atoms with Gasteiger partial charge in [0.15, 0.2) is 0 Å². The van der Waals surface area contributed by atoms with Gasteiger partial charge in [-0.05, 0) is 43.0 Å². The molecule has 1 aromatic carbocycles. The van der Waals surface area contributed by atoms with E-state index in [0.29, 0.717) is 31.2 Å². The van der Waals surface area contributed by atoms with E-state index in [2.05, 4.69) is 19.2 Å². The molecule has 0 spiro atoms. The van der Waals surface area contributed by atoms with Gasteiger partial charge in [0.1, 0.15) is 0 Å². The van der Waals surface area contributed by atoms with Crippen LogP contribution in [-0.4, -0.2) is 19.1 Å². The van der Waals surface area contributed by atoms with E-state index in [4.69, 9.17) is 10.5 Å². The molecule has 0 aromatic heterocycles. The fourth-order valence-electron chi connectivity index (χ4n) is 1.63. The van der Waals surface area contributed by atoms with Crippen molar-refractivity contribution in [2.75, 3.05) is 24.3 Å². The lowest BCUT2D eigenvalue weighted by molar-refractivity contribution is -0.117. The Bertz CT molecular complexity index is 417. The number of hydrogen-bond donors (Lipinski definition) is 2. The Hall–Kier alpha value is -1.55. The van der Waals surface area contributed by atoms with Gasteiger partial charge in [-0.3, -0.25) is 4.79 Å². The van der Waals surface area contributed by atoms with E-state index in [0.717, 1.165) is 17.7 Å². The summed E-state index contributed by atoms with van der Waals surface area (Å²) in [4.78, 5) is 11.7. The Balaban J connectivity index is 2.27. The Morgan fingerprint density at radius 1 is 1.37 bits per heavy atom. The third-order valence-corrected chi connectivity index (χ3v) is 2.84. The summed E-state index contributed by atoms with van der Waals surface area (Å²) in [5.74, 6) is 0.601. The molecular formula is C15H24N2O2. The number of carbonyl (C=O) groups is 1. The first-order valence-corrected chi connectivity index (χ1v) is 6.72. The monoisotopic (exact) mass is 264 g/mol. The van der Waals surface area contributed by atoms with Crippen LogP contribution in [0.5, 0.6) is 0 Å².